The van der Waals surface area contributed by atoms with Crippen LogP contribution in [0.25, 0.3) is 0 Å². The Kier molecular flexibility index (Phi) is 5.71. The second kappa shape index (κ2) is 7.53. The summed E-state index contributed by atoms with van der Waals surface area (Å²) in [4.78, 5) is 4.46. The largest absolute Gasteiger partial charge is 0.316 e. The Morgan fingerprint density at radius 2 is 2.05 bits per heavy atom. The number of rotatable bonds is 6. The predicted molar refractivity (Wildman–Crippen MR) is 85.3 cm³/mol. The molecule has 0 fully saturated rings. The molecule has 0 saturated carbocycles. The van der Waals surface area contributed by atoms with E-state index in [1.54, 1.807) is 12.1 Å². The van der Waals surface area contributed by atoms with Gasteiger partial charge in [-0.3, -0.25) is 4.98 Å². The van der Waals surface area contributed by atoms with Gasteiger partial charge in [0.25, 0.3) is 0 Å². The van der Waals surface area contributed by atoms with E-state index in [4.69, 9.17) is 11.6 Å². The fourth-order valence-electron chi connectivity index (χ4n) is 2.29. The molecule has 4 heteroatoms. The third-order valence-corrected chi connectivity index (χ3v) is 4.02. The molecule has 2 aromatic rings. The van der Waals surface area contributed by atoms with Crippen LogP contribution >= 0.6 is 11.6 Å². The summed E-state index contributed by atoms with van der Waals surface area (Å²) in [5.74, 6) is -0.253. The monoisotopic (exact) mass is 306 g/mol. The van der Waals surface area contributed by atoms with Gasteiger partial charge in [0.2, 0.25) is 0 Å². The first-order chi connectivity index (χ1) is 10.1. The van der Waals surface area contributed by atoms with Crippen molar-refractivity contribution >= 4 is 11.6 Å². The van der Waals surface area contributed by atoms with Crippen LogP contribution in [0.15, 0.2) is 36.5 Å². The average molecular weight is 307 g/mol. The minimum Gasteiger partial charge on any atom is -0.316 e. The van der Waals surface area contributed by atoms with Crippen molar-refractivity contribution in [3.8, 4) is 0 Å². The summed E-state index contributed by atoms with van der Waals surface area (Å²) in [5, 5.41) is 3.69. The van der Waals surface area contributed by atoms with Crippen LogP contribution in [0.3, 0.4) is 0 Å². The highest BCUT2D eigenvalue weighted by atomic mass is 35.5. The van der Waals surface area contributed by atoms with Crippen LogP contribution in [0, 0.1) is 5.82 Å². The third kappa shape index (κ3) is 4.26. The van der Waals surface area contributed by atoms with Gasteiger partial charge in [-0.25, -0.2) is 4.39 Å². The number of aryl methyl sites for hydroxylation is 1. The highest BCUT2D eigenvalue weighted by Crippen LogP contribution is 2.21. The van der Waals surface area contributed by atoms with E-state index in [0.29, 0.717) is 17.0 Å². The Hall–Kier alpha value is -1.45. The van der Waals surface area contributed by atoms with E-state index in [1.807, 2.05) is 19.3 Å². The summed E-state index contributed by atoms with van der Waals surface area (Å²) in [6.45, 7) is 2.10. The number of nitrogens with one attached hydrogen (secondary N) is 1. The summed E-state index contributed by atoms with van der Waals surface area (Å²) < 4.78 is 13.9. The van der Waals surface area contributed by atoms with Gasteiger partial charge in [-0.05, 0) is 43.7 Å². The van der Waals surface area contributed by atoms with E-state index in [2.05, 4.69) is 23.3 Å². The smallest absolute Gasteiger partial charge is 0.127 e. The Labute approximate surface area is 130 Å². The first-order valence-corrected chi connectivity index (χ1v) is 7.55. The molecule has 0 saturated heterocycles. The lowest BCUT2D eigenvalue weighted by Gasteiger charge is -2.17. The molecule has 1 atom stereocenters. The number of hydrogen-bond acceptors (Lipinski definition) is 2. The normalized spacial score (nSPS) is 12.4. The lowest BCUT2D eigenvalue weighted by atomic mass is 10.0. The SMILES string of the molecule is CCc1ccc(CC(Cc2c(F)cccc2Cl)NC)nc1. The standard InChI is InChI=1S/C17H20ClFN2/c1-3-12-7-8-13(21-11-12)9-14(20-2)10-15-16(18)5-4-6-17(15)19/h4-8,11,14,20H,3,9-10H2,1-2H3. The molecule has 0 bridgehead atoms. The van der Waals surface area contributed by atoms with Gasteiger partial charge in [-0.15, -0.1) is 0 Å². The van der Waals surface area contributed by atoms with E-state index in [9.17, 15) is 4.39 Å². The molecule has 0 radical (unpaired) electrons. The minimum atomic E-state index is -0.253. The summed E-state index contributed by atoms with van der Waals surface area (Å²) in [6.07, 6.45) is 4.16. The fourth-order valence-corrected chi connectivity index (χ4v) is 2.53. The zero-order valence-electron chi connectivity index (χ0n) is 12.4. The Morgan fingerprint density at radius 1 is 1.24 bits per heavy atom. The zero-order chi connectivity index (χ0) is 15.2. The molecule has 112 valence electrons. The Balaban J connectivity index is 2.09. The van der Waals surface area contributed by atoms with Crippen molar-refractivity contribution in [2.24, 2.45) is 0 Å². The van der Waals surface area contributed by atoms with E-state index < -0.39 is 0 Å². The van der Waals surface area contributed by atoms with Crippen LogP contribution in [0.2, 0.25) is 5.02 Å². The van der Waals surface area contributed by atoms with Gasteiger partial charge in [-0.1, -0.05) is 30.7 Å². The van der Waals surface area contributed by atoms with Crippen molar-refractivity contribution in [2.75, 3.05) is 7.05 Å². The van der Waals surface area contributed by atoms with E-state index in [0.717, 1.165) is 18.5 Å². The molecule has 0 amide bonds. The molecule has 0 spiro atoms. The second-order valence-corrected chi connectivity index (χ2v) is 5.51. The predicted octanol–water partition coefficient (Wildman–Crippen LogP) is 3.81. The summed E-state index contributed by atoms with van der Waals surface area (Å²) >= 11 is 6.09. The molecule has 0 aliphatic carbocycles. The van der Waals surface area contributed by atoms with Gasteiger partial charge in [0.05, 0.1) is 0 Å². The lowest BCUT2D eigenvalue weighted by Crippen LogP contribution is -2.30. The highest BCUT2D eigenvalue weighted by molar-refractivity contribution is 6.31. The number of hydrogen-bond donors (Lipinski definition) is 1. The Bertz CT molecular complexity index is 564. The van der Waals surface area contributed by atoms with Gasteiger partial charge in [-0.2, -0.15) is 0 Å². The van der Waals surface area contributed by atoms with Crippen LogP contribution < -0.4 is 5.32 Å². The molecule has 1 unspecified atom stereocenters. The number of halogens is 2. The van der Waals surface area contributed by atoms with Crippen molar-refractivity contribution < 1.29 is 4.39 Å². The maximum Gasteiger partial charge on any atom is 0.127 e. The molecule has 1 N–H and O–H groups in total. The first kappa shape index (κ1) is 15.9. The first-order valence-electron chi connectivity index (χ1n) is 7.18. The van der Waals surface area contributed by atoms with Gasteiger partial charge < -0.3 is 5.32 Å². The average Bonchev–Trinajstić information content (AvgIpc) is 2.50. The quantitative estimate of drug-likeness (QED) is 0.878. The Morgan fingerprint density at radius 3 is 2.62 bits per heavy atom. The van der Waals surface area contributed by atoms with Crippen molar-refractivity contribution in [3.63, 3.8) is 0 Å². The topological polar surface area (TPSA) is 24.9 Å². The summed E-state index contributed by atoms with van der Waals surface area (Å²) in [5.41, 5.74) is 2.78. The molecule has 0 aliphatic heterocycles. The maximum atomic E-state index is 13.9. The number of nitrogens with zero attached hydrogens (tertiary/aromatic N) is 1. The molecular weight excluding hydrogens is 287 g/mol. The number of pyridine rings is 1. The summed E-state index contributed by atoms with van der Waals surface area (Å²) in [7, 11) is 1.87. The van der Waals surface area contributed by atoms with Crippen LogP contribution in [-0.4, -0.2) is 18.1 Å². The van der Waals surface area contributed by atoms with Crippen molar-refractivity contribution in [1.82, 2.24) is 10.3 Å². The third-order valence-electron chi connectivity index (χ3n) is 3.67. The van der Waals surface area contributed by atoms with Crippen molar-refractivity contribution in [1.29, 1.82) is 0 Å². The second-order valence-electron chi connectivity index (χ2n) is 5.11. The van der Waals surface area contributed by atoms with Gasteiger partial charge in [0.15, 0.2) is 0 Å². The number of benzene rings is 1. The van der Waals surface area contributed by atoms with Gasteiger partial charge in [0.1, 0.15) is 5.82 Å². The zero-order valence-corrected chi connectivity index (χ0v) is 13.1. The molecular formula is C17H20ClFN2. The van der Waals surface area contributed by atoms with E-state index >= 15 is 0 Å². The number of aromatic nitrogens is 1. The molecule has 1 aromatic carbocycles. The van der Waals surface area contributed by atoms with E-state index in [1.165, 1.54) is 11.6 Å². The van der Waals surface area contributed by atoms with Crippen molar-refractivity contribution in [3.05, 3.63) is 64.2 Å². The maximum absolute atomic E-state index is 13.9. The van der Waals surface area contributed by atoms with Gasteiger partial charge in [0, 0.05) is 34.9 Å². The molecule has 21 heavy (non-hydrogen) atoms. The van der Waals surface area contributed by atoms with Crippen LogP contribution in [-0.2, 0) is 19.3 Å². The number of likely N-dealkylation sites (N-methyl/N-ethyl adjacent to an activating group) is 1. The highest BCUT2D eigenvalue weighted by Gasteiger charge is 2.14. The summed E-state index contributed by atoms with van der Waals surface area (Å²) in [6, 6.07) is 9.01. The van der Waals surface area contributed by atoms with Crippen LogP contribution in [0.4, 0.5) is 4.39 Å². The fraction of sp³-hybridized carbons (Fsp3) is 0.353. The lowest BCUT2D eigenvalue weighted by molar-refractivity contribution is 0.528. The van der Waals surface area contributed by atoms with Gasteiger partial charge >= 0.3 is 0 Å². The minimum absolute atomic E-state index is 0.0966. The van der Waals surface area contributed by atoms with Crippen molar-refractivity contribution in [2.45, 2.75) is 32.2 Å². The molecule has 1 heterocycles. The van der Waals surface area contributed by atoms with Crippen LogP contribution in [0.1, 0.15) is 23.7 Å². The van der Waals surface area contributed by atoms with E-state index in [-0.39, 0.29) is 11.9 Å². The van der Waals surface area contributed by atoms with Crippen LogP contribution in [0.5, 0.6) is 0 Å². The molecule has 2 rings (SSSR count). The molecule has 0 aliphatic rings. The molecule has 1 aromatic heterocycles. The molecule has 2 nitrogen and oxygen atoms in total.